The molecule has 0 unspecified atom stereocenters. The van der Waals surface area contributed by atoms with Crippen molar-refractivity contribution in [1.82, 2.24) is 5.32 Å². The smallest absolute Gasteiger partial charge is 0.321 e. The topological polar surface area (TPSA) is 86.6 Å². The van der Waals surface area contributed by atoms with Gasteiger partial charge < -0.3 is 15.5 Å². The maximum absolute atomic E-state index is 10.8. The number of nitrogens with one attached hydrogen (secondary N) is 1. The number of aliphatic carboxylic acids is 2. The Kier molecular flexibility index (Phi) is 6.60. The number of unbranched alkanes of at least 4 members (excludes halogenated alkanes) is 1. The van der Waals surface area contributed by atoms with Crippen LogP contribution in [-0.4, -0.2) is 34.7 Å². The number of carbonyl (C=O) groups is 2. The van der Waals surface area contributed by atoms with Gasteiger partial charge in [0.1, 0.15) is 6.04 Å². The molecule has 0 heterocycles. The Bertz CT molecular complexity index is 405. The number of hydrogen-bond donors (Lipinski definition) is 3. The molecule has 1 aromatic carbocycles. The molecule has 0 aliphatic carbocycles. The molecule has 0 bridgehead atoms. The number of aryl methyl sites for hydroxylation is 1. The molecule has 0 aromatic heterocycles. The third-order valence-electron chi connectivity index (χ3n) is 2.80. The normalized spacial score (nSPS) is 12.0. The van der Waals surface area contributed by atoms with Crippen LogP contribution < -0.4 is 5.32 Å². The molecule has 0 fully saturated rings. The summed E-state index contributed by atoms with van der Waals surface area (Å²) >= 11 is 0. The minimum absolute atomic E-state index is 0.395. The zero-order chi connectivity index (χ0) is 14.1. The number of rotatable bonds is 9. The Morgan fingerprint density at radius 3 is 2.37 bits per heavy atom. The molecule has 1 aromatic rings. The standard InChI is InChI=1S/C14H19NO4/c16-13(17)10-12(14(18)19)15-9-5-4-8-11-6-2-1-3-7-11/h1-3,6-7,12,15H,4-5,8-10H2,(H,16,17)(H,18,19)/t12-/m0/s1. The monoisotopic (exact) mass is 265 g/mol. The third-order valence-corrected chi connectivity index (χ3v) is 2.80. The summed E-state index contributed by atoms with van der Waals surface area (Å²) in [7, 11) is 0. The highest BCUT2D eigenvalue weighted by molar-refractivity contribution is 5.80. The van der Waals surface area contributed by atoms with Gasteiger partial charge in [-0.2, -0.15) is 0 Å². The molecule has 1 atom stereocenters. The van der Waals surface area contributed by atoms with E-state index in [1.807, 2.05) is 18.2 Å². The lowest BCUT2D eigenvalue weighted by Crippen LogP contribution is -2.39. The molecule has 0 saturated carbocycles. The first-order chi connectivity index (χ1) is 9.09. The van der Waals surface area contributed by atoms with Crippen molar-refractivity contribution < 1.29 is 19.8 Å². The maximum Gasteiger partial charge on any atom is 0.321 e. The zero-order valence-corrected chi connectivity index (χ0v) is 10.7. The van der Waals surface area contributed by atoms with E-state index in [0.717, 1.165) is 19.3 Å². The van der Waals surface area contributed by atoms with Crippen molar-refractivity contribution in [3.63, 3.8) is 0 Å². The van der Waals surface area contributed by atoms with E-state index >= 15 is 0 Å². The van der Waals surface area contributed by atoms with E-state index in [9.17, 15) is 9.59 Å². The highest BCUT2D eigenvalue weighted by Gasteiger charge is 2.19. The van der Waals surface area contributed by atoms with Crippen molar-refractivity contribution >= 4 is 11.9 Å². The van der Waals surface area contributed by atoms with Crippen molar-refractivity contribution in [1.29, 1.82) is 0 Å². The number of carboxylic acids is 2. The molecule has 0 spiro atoms. The summed E-state index contributed by atoms with van der Waals surface area (Å²) < 4.78 is 0. The Morgan fingerprint density at radius 2 is 1.79 bits per heavy atom. The Balaban J connectivity index is 2.18. The van der Waals surface area contributed by atoms with Gasteiger partial charge in [0.15, 0.2) is 0 Å². The lowest BCUT2D eigenvalue weighted by atomic mass is 10.1. The molecule has 0 radical (unpaired) electrons. The SMILES string of the molecule is O=C(O)C[C@H](NCCCCc1ccccc1)C(=O)O. The van der Waals surface area contributed by atoms with E-state index in [1.54, 1.807) is 0 Å². The summed E-state index contributed by atoms with van der Waals surface area (Å²) in [6.45, 7) is 0.511. The minimum atomic E-state index is -1.12. The molecule has 0 saturated heterocycles. The van der Waals surface area contributed by atoms with Gasteiger partial charge >= 0.3 is 11.9 Å². The molecule has 5 heteroatoms. The fraction of sp³-hybridized carbons (Fsp3) is 0.429. The van der Waals surface area contributed by atoms with Crippen LogP contribution in [0, 0.1) is 0 Å². The highest BCUT2D eigenvalue weighted by Crippen LogP contribution is 2.04. The molecular weight excluding hydrogens is 246 g/mol. The van der Waals surface area contributed by atoms with Crippen molar-refractivity contribution in [3.8, 4) is 0 Å². The van der Waals surface area contributed by atoms with E-state index in [2.05, 4.69) is 17.4 Å². The lowest BCUT2D eigenvalue weighted by Gasteiger charge is -2.11. The summed E-state index contributed by atoms with van der Waals surface area (Å²) in [5, 5.41) is 20.2. The Hall–Kier alpha value is -1.88. The van der Waals surface area contributed by atoms with Gasteiger partial charge in [-0.1, -0.05) is 30.3 Å². The first-order valence-electron chi connectivity index (χ1n) is 6.31. The molecule has 1 rings (SSSR count). The molecule has 3 N–H and O–H groups in total. The summed E-state index contributed by atoms with van der Waals surface area (Å²) in [5.41, 5.74) is 1.25. The van der Waals surface area contributed by atoms with Gasteiger partial charge in [-0.15, -0.1) is 0 Å². The van der Waals surface area contributed by atoms with Crippen LogP contribution in [0.4, 0.5) is 0 Å². The van der Waals surface area contributed by atoms with Crippen LogP contribution in [0.5, 0.6) is 0 Å². The van der Waals surface area contributed by atoms with Crippen LogP contribution in [0.25, 0.3) is 0 Å². The van der Waals surface area contributed by atoms with Crippen LogP contribution >= 0.6 is 0 Å². The highest BCUT2D eigenvalue weighted by atomic mass is 16.4. The van der Waals surface area contributed by atoms with Crippen LogP contribution in [0.15, 0.2) is 30.3 Å². The quantitative estimate of drug-likeness (QED) is 0.589. The fourth-order valence-electron chi connectivity index (χ4n) is 1.80. The van der Waals surface area contributed by atoms with E-state index in [4.69, 9.17) is 10.2 Å². The molecule has 5 nitrogen and oxygen atoms in total. The summed E-state index contributed by atoms with van der Waals surface area (Å²) in [4.78, 5) is 21.3. The molecular formula is C14H19NO4. The van der Waals surface area contributed by atoms with E-state index in [1.165, 1.54) is 5.56 Å². The number of hydrogen-bond acceptors (Lipinski definition) is 3. The van der Waals surface area contributed by atoms with Crippen LogP contribution in [0.1, 0.15) is 24.8 Å². The van der Waals surface area contributed by atoms with E-state index in [-0.39, 0.29) is 0 Å². The largest absolute Gasteiger partial charge is 0.481 e. The summed E-state index contributed by atoms with van der Waals surface area (Å²) in [5.74, 6) is -2.23. The van der Waals surface area contributed by atoms with Gasteiger partial charge in [0, 0.05) is 0 Å². The van der Waals surface area contributed by atoms with Gasteiger partial charge in [0.05, 0.1) is 6.42 Å². The summed E-state index contributed by atoms with van der Waals surface area (Å²) in [6, 6.07) is 9.04. The maximum atomic E-state index is 10.8. The lowest BCUT2D eigenvalue weighted by molar-refractivity contribution is -0.145. The summed E-state index contributed by atoms with van der Waals surface area (Å²) in [6.07, 6.45) is 2.31. The second-order valence-corrected chi connectivity index (χ2v) is 4.39. The van der Waals surface area contributed by atoms with Crippen molar-refractivity contribution in [2.75, 3.05) is 6.54 Å². The fourth-order valence-corrected chi connectivity index (χ4v) is 1.80. The molecule has 0 aliphatic heterocycles. The van der Waals surface area contributed by atoms with Crippen LogP contribution in [-0.2, 0) is 16.0 Å². The number of carboxylic acid groups (broad SMARTS) is 2. The average molecular weight is 265 g/mol. The van der Waals surface area contributed by atoms with Gasteiger partial charge in [0.25, 0.3) is 0 Å². The Labute approximate surface area is 112 Å². The predicted octanol–water partition coefficient (Wildman–Crippen LogP) is 1.53. The molecule has 0 amide bonds. The second kappa shape index (κ2) is 8.26. The molecule has 19 heavy (non-hydrogen) atoms. The minimum Gasteiger partial charge on any atom is -0.481 e. The van der Waals surface area contributed by atoms with Gasteiger partial charge in [-0.25, -0.2) is 0 Å². The van der Waals surface area contributed by atoms with E-state index in [0.29, 0.717) is 6.54 Å². The van der Waals surface area contributed by atoms with Gasteiger partial charge in [-0.3, -0.25) is 9.59 Å². The Morgan fingerprint density at radius 1 is 1.11 bits per heavy atom. The van der Waals surface area contributed by atoms with Gasteiger partial charge in [0.2, 0.25) is 0 Å². The van der Waals surface area contributed by atoms with Gasteiger partial charge in [-0.05, 0) is 31.4 Å². The zero-order valence-electron chi connectivity index (χ0n) is 10.7. The van der Waals surface area contributed by atoms with Crippen molar-refractivity contribution in [3.05, 3.63) is 35.9 Å². The van der Waals surface area contributed by atoms with Crippen molar-refractivity contribution in [2.24, 2.45) is 0 Å². The average Bonchev–Trinajstić information content (AvgIpc) is 2.37. The number of benzene rings is 1. The molecule has 0 aliphatic rings. The van der Waals surface area contributed by atoms with Crippen LogP contribution in [0.2, 0.25) is 0 Å². The first-order valence-corrected chi connectivity index (χ1v) is 6.31. The van der Waals surface area contributed by atoms with E-state index < -0.39 is 24.4 Å². The molecule has 104 valence electrons. The first kappa shape index (κ1) is 15.2. The predicted molar refractivity (Wildman–Crippen MR) is 71.1 cm³/mol. The third kappa shape index (κ3) is 6.57. The van der Waals surface area contributed by atoms with Crippen LogP contribution in [0.3, 0.4) is 0 Å². The van der Waals surface area contributed by atoms with Crippen molar-refractivity contribution in [2.45, 2.75) is 31.7 Å². The second-order valence-electron chi connectivity index (χ2n) is 4.39.